The molecule has 1 aliphatic heterocycles. The molecule has 1 aromatic rings. The first-order valence-corrected chi connectivity index (χ1v) is 8.43. The Hall–Kier alpha value is -1.85. The minimum absolute atomic E-state index is 0.0863. The molecule has 128 valence electrons. The van der Waals surface area contributed by atoms with Gasteiger partial charge in [-0.2, -0.15) is 0 Å². The zero-order valence-electron chi connectivity index (χ0n) is 14.6. The van der Waals surface area contributed by atoms with Crippen LogP contribution in [-0.2, 0) is 11.2 Å². The van der Waals surface area contributed by atoms with Crippen LogP contribution in [0.3, 0.4) is 0 Å². The van der Waals surface area contributed by atoms with Gasteiger partial charge in [0.2, 0.25) is 0 Å². The lowest BCUT2D eigenvalue weighted by molar-refractivity contribution is 0.0500. The van der Waals surface area contributed by atoms with Gasteiger partial charge in [0.1, 0.15) is 17.7 Å². The Morgan fingerprint density at radius 2 is 2.22 bits per heavy atom. The molecule has 6 heteroatoms. The van der Waals surface area contributed by atoms with E-state index in [9.17, 15) is 4.79 Å². The molecule has 1 saturated heterocycles. The molecule has 1 aromatic heterocycles. The maximum atomic E-state index is 11.9. The van der Waals surface area contributed by atoms with Gasteiger partial charge in [0.25, 0.3) is 0 Å². The van der Waals surface area contributed by atoms with Crippen LogP contribution in [0.1, 0.15) is 52.7 Å². The minimum Gasteiger partial charge on any atom is -0.444 e. The van der Waals surface area contributed by atoms with Crippen molar-refractivity contribution in [3.05, 3.63) is 18.1 Å². The Morgan fingerprint density at radius 3 is 2.91 bits per heavy atom. The highest BCUT2D eigenvalue weighted by Crippen LogP contribution is 2.19. The van der Waals surface area contributed by atoms with Crippen molar-refractivity contribution in [2.24, 2.45) is 0 Å². The topological polar surface area (TPSA) is 67.4 Å². The fourth-order valence-electron chi connectivity index (χ4n) is 2.73. The van der Waals surface area contributed by atoms with Gasteiger partial charge in [0, 0.05) is 30.9 Å². The lowest BCUT2D eigenvalue weighted by atomic mass is 10.1. The number of nitrogens with zero attached hydrogens (tertiary/aromatic N) is 3. The molecule has 23 heavy (non-hydrogen) atoms. The molecular formula is C17H28N4O2. The number of carbonyl (C=O) groups excluding carboxylic acids is 1. The van der Waals surface area contributed by atoms with Crippen LogP contribution in [0.5, 0.6) is 0 Å². The van der Waals surface area contributed by atoms with Gasteiger partial charge in [-0.15, -0.1) is 0 Å². The fraction of sp³-hybridized carbons (Fsp3) is 0.706. The van der Waals surface area contributed by atoms with Crippen LogP contribution < -0.4 is 10.2 Å². The second kappa shape index (κ2) is 7.62. The molecule has 0 spiro atoms. The van der Waals surface area contributed by atoms with Crippen molar-refractivity contribution in [2.45, 2.75) is 65.0 Å². The predicted molar refractivity (Wildman–Crippen MR) is 90.6 cm³/mol. The van der Waals surface area contributed by atoms with Crippen molar-refractivity contribution in [3.8, 4) is 0 Å². The van der Waals surface area contributed by atoms with Crippen LogP contribution in [0, 0.1) is 0 Å². The average Bonchev–Trinajstić information content (AvgIpc) is 2.46. The fourth-order valence-corrected chi connectivity index (χ4v) is 2.73. The number of hydrogen-bond donors (Lipinski definition) is 1. The number of anilines is 1. The lowest BCUT2D eigenvalue weighted by Crippen LogP contribution is -2.49. The summed E-state index contributed by atoms with van der Waals surface area (Å²) in [6.07, 6.45) is 5.29. The first-order chi connectivity index (χ1) is 10.9. The molecule has 0 aliphatic carbocycles. The molecule has 6 nitrogen and oxygen atoms in total. The molecule has 2 heterocycles. The highest BCUT2D eigenvalue weighted by atomic mass is 16.6. The molecule has 1 atom stereocenters. The molecule has 1 unspecified atom stereocenters. The summed E-state index contributed by atoms with van der Waals surface area (Å²) in [6, 6.07) is 2.14. The number of aryl methyl sites for hydroxylation is 1. The number of amides is 1. The summed E-state index contributed by atoms with van der Waals surface area (Å²) in [6.45, 7) is 9.46. The number of aromatic nitrogens is 2. The predicted octanol–water partition coefficient (Wildman–Crippen LogP) is 2.92. The summed E-state index contributed by atoms with van der Waals surface area (Å²) in [4.78, 5) is 22.8. The van der Waals surface area contributed by atoms with Crippen molar-refractivity contribution in [2.75, 3.05) is 18.0 Å². The van der Waals surface area contributed by atoms with Gasteiger partial charge in [-0.05, 0) is 40.0 Å². The number of rotatable bonds is 4. The quantitative estimate of drug-likeness (QED) is 0.924. The first kappa shape index (κ1) is 17.5. The third-order valence-corrected chi connectivity index (χ3v) is 3.68. The maximum absolute atomic E-state index is 11.9. The van der Waals surface area contributed by atoms with Crippen LogP contribution >= 0.6 is 0 Å². The standard InChI is InChI=1S/C17H28N4O2/c1-5-7-13-10-15(19-12-18-13)21-9-6-8-14(11-21)20-16(22)23-17(2,3)4/h10,12,14H,5-9,11H2,1-4H3,(H,20,22). The summed E-state index contributed by atoms with van der Waals surface area (Å²) in [7, 11) is 0. The molecule has 0 aromatic carbocycles. The summed E-state index contributed by atoms with van der Waals surface area (Å²) in [5.74, 6) is 0.944. The van der Waals surface area contributed by atoms with E-state index in [0.29, 0.717) is 0 Å². The second-order valence-electron chi connectivity index (χ2n) is 7.05. The van der Waals surface area contributed by atoms with E-state index in [1.54, 1.807) is 6.33 Å². The molecule has 0 bridgehead atoms. The van der Waals surface area contributed by atoms with Crippen LogP contribution in [0.2, 0.25) is 0 Å². The second-order valence-corrected chi connectivity index (χ2v) is 7.05. The molecule has 2 rings (SSSR count). The van der Waals surface area contributed by atoms with Gasteiger partial charge in [0.15, 0.2) is 0 Å². The van der Waals surface area contributed by atoms with Gasteiger partial charge in [-0.3, -0.25) is 0 Å². The number of alkyl carbamates (subject to hydrolysis) is 1. The van der Waals surface area contributed by atoms with E-state index in [4.69, 9.17) is 4.74 Å². The minimum atomic E-state index is -0.472. The Labute approximate surface area is 138 Å². The SMILES string of the molecule is CCCc1cc(N2CCCC(NC(=O)OC(C)(C)C)C2)ncn1. The Bertz CT molecular complexity index is 528. The summed E-state index contributed by atoms with van der Waals surface area (Å²) >= 11 is 0. The van der Waals surface area contributed by atoms with Crippen LogP contribution in [0.4, 0.5) is 10.6 Å². The van der Waals surface area contributed by atoms with E-state index >= 15 is 0 Å². The third kappa shape index (κ3) is 5.69. The summed E-state index contributed by atoms with van der Waals surface area (Å²) in [5, 5.41) is 2.97. The Morgan fingerprint density at radius 1 is 1.43 bits per heavy atom. The molecule has 0 saturated carbocycles. The first-order valence-electron chi connectivity index (χ1n) is 8.43. The van der Waals surface area contributed by atoms with Gasteiger partial charge in [-0.25, -0.2) is 14.8 Å². The highest BCUT2D eigenvalue weighted by Gasteiger charge is 2.25. The molecule has 0 radical (unpaired) electrons. The van der Waals surface area contributed by atoms with Crippen molar-refractivity contribution < 1.29 is 9.53 Å². The monoisotopic (exact) mass is 320 g/mol. The van der Waals surface area contributed by atoms with E-state index in [0.717, 1.165) is 50.3 Å². The number of ether oxygens (including phenoxy) is 1. The highest BCUT2D eigenvalue weighted by molar-refractivity contribution is 5.68. The van der Waals surface area contributed by atoms with E-state index in [1.807, 2.05) is 20.8 Å². The van der Waals surface area contributed by atoms with E-state index in [1.165, 1.54) is 0 Å². The zero-order valence-corrected chi connectivity index (χ0v) is 14.6. The van der Waals surface area contributed by atoms with Gasteiger partial charge >= 0.3 is 6.09 Å². The van der Waals surface area contributed by atoms with Crippen molar-refractivity contribution in [1.82, 2.24) is 15.3 Å². The molecule has 1 N–H and O–H groups in total. The van der Waals surface area contributed by atoms with E-state index in [2.05, 4.69) is 33.2 Å². The number of hydrogen-bond acceptors (Lipinski definition) is 5. The van der Waals surface area contributed by atoms with E-state index in [-0.39, 0.29) is 12.1 Å². The van der Waals surface area contributed by atoms with E-state index < -0.39 is 5.60 Å². The average molecular weight is 320 g/mol. The molecule has 1 aliphatic rings. The summed E-state index contributed by atoms with van der Waals surface area (Å²) in [5.41, 5.74) is 0.597. The molecule has 1 fully saturated rings. The Kier molecular flexibility index (Phi) is 5.80. The zero-order chi connectivity index (χ0) is 16.9. The third-order valence-electron chi connectivity index (χ3n) is 3.68. The van der Waals surface area contributed by atoms with Crippen molar-refractivity contribution in [3.63, 3.8) is 0 Å². The van der Waals surface area contributed by atoms with Gasteiger partial charge < -0.3 is 15.0 Å². The van der Waals surface area contributed by atoms with Gasteiger partial charge in [-0.1, -0.05) is 13.3 Å². The smallest absolute Gasteiger partial charge is 0.407 e. The van der Waals surface area contributed by atoms with Crippen LogP contribution in [0.15, 0.2) is 12.4 Å². The number of piperidine rings is 1. The number of carbonyl (C=O) groups is 1. The van der Waals surface area contributed by atoms with Gasteiger partial charge in [0.05, 0.1) is 0 Å². The Balaban J connectivity index is 1.95. The van der Waals surface area contributed by atoms with Crippen LogP contribution in [-0.4, -0.2) is 40.8 Å². The maximum Gasteiger partial charge on any atom is 0.407 e. The normalized spacial score (nSPS) is 18.6. The van der Waals surface area contributed by atoms with Crippen molar-refractivity contribution in [1.29, 1.82) is 0 Å². The largest absolute Gasteiger partial charge is 0.444 e. The van der Waals surface area contributed by atoms with Crippen molar-refractivity contribution >= 4 is 11.9 Å². The summed E-state index contributed by atoms with van der Waals surface area (Å²) < 4.78 is 5.34. The molecule has 1 amide bonds. The number of nitrogens with one attached hydrogen (secondary N) is 1. The molecular weight excluding hydrogens is 292 g/mol. The lowest BCUT2D eigenvalue weighted by Gasteiger charge is -2.34. The van der Waals surface area contributed by atoms with Crippen LogP contribution in [0.25, 0.3) is 0 Å².